The largest absolute Gasteiger partial charge is 0.389 e. The van der Waals surface area contributed by atoms with E-state index in [4.69, 9.17) is 22.6 Å². The molecule has 0 unspecified atom stereocenters. The van der Waals surface area contributed by atoms with Crippen molar-refractivity contribution in [3.05, 3.63) is 44.5 Å². The average Bonchev–Trinajstić information content (AvgIpc) is 2.25. The van der Waals surface area contributed by atoms with E-state index in [0.717, 1.165) is 0 Å². The first-order chi connectivity index (χ1) is 7.95. The number of thiocarbonyl (C=S) groups is 1. The second kappa shape index (κ2) is 5.39. The smallest absolute Gasteiger partial charge is 0.276 e. The second-order valence-electron chi connectivity index (χ2n) is 2.99. The van der Waals surface area contributed by atoms with E-state index in [-0.39, 0.29) is 21.8 Å². The van der Waals surface area contributed by atoms with Crippen LogP contribution in [0.1, 0.15) is 5.56 Å². The van der Waals surface area contributed by atoms with Gasteiger partial charge in [-0.25, -0.2) is 0 Å². The molecule has 0 fully saturated rings. The van der Waals surface area contributed by atoms with Crippen molar-refractivity contribution in [2.24, 2.45) is 5.73 Å². The van der Waals surface area contributed by atoms with E-state index in [0.29, 0.717) is 5.02 Å². The van der Waals surface area contributed by atoms with Gasteiger partial charge >= 0.3 is 0 Å². The lowest BCUT2D eigenvalue weighted by Crippen LogP contribution is -2.09. The molecule has 0 saturated heterocycles. The molecule has 2 N–H and O–H groups in total. The fraction of sp³-hybridized carbons (Fsp3) is 0. The van der Waals surface area contributed by atoms with Crippen LogP contribution in [-0.2, 0) is 0 Å². The zero-order chi connectivity index (χ0) is 13.0. The highest BCUT2D eigenvalue weighted by atomic mass is 35.5. The van der Waals surface area contributed by atoms with Gasteiger partial charge in [-0.15, -0.1) is 0 Å². The van der Waals surface area contributed by atoms with Gasteiger partial charge in [0.2, 0.25) is 0 Å². The van der Waals surface area contributed by atoms with Gasteiger partial charge in [-0.1, -0.05) is 23.8 Å². The standard InChI is InChI=1S/C10H6ClN3O2S/c11-8-1-2-9(14(15)16)6(4-8)3-7(5-12)10(13)17/h1-4H,(H2,13,17)/b7-3-. The summed E-state index contributed by atoms with van der Waals surface area (Å²) in [5.74, 6) is 0. The van der Waals surface area contributed by atoms with Crippen LogP contribution in [0.3, 0.4) is 0 Å². The van der Waals surface area contributed by atoms with E-state index in [1.165, 1.54) is 24.3 Å². The molecule has 0 bridgehead atoms. The van der Waals surface area contributed by atoms with Crippen LogP contribution in [-0.4, -0.2) is 9.91 Å². The molecular weight excluding hydrogens is 262 g/mol. The normalized spacial score (nSPS) is 10.7. The van der Waals surface area contributed by atoms with Crippen LogP contribution in [0.15, 0.2) is 23.8 Å². The molecule has 0 aliphatic carbocycles. The first-order valence-electron chi connectivity index (χ1n) is 4.31. The second-order valence-corrected chi connectivity index (χ2v) is 3.87. The van der Waals surface area contributed by atoms with Crippen molar-refractivity contribution in [2.45, 2.75) is 0 Å². The third kappa shape index (κ3) is 3.24. The zero-order valence-electron chi connectivity index (χ0n) is 8.38. The Morgan fingerprint density at radius 3 is 2.76 bits per heavy atom. The molecular formula is C10H6ClN3O2S. The van der Waals surface area contributed by atoms with E-state index < -0.39 is 4.92 Å². The lowest BCUT2D eigenvalue weighted by atomic mass is 10.1. The van der Waals surface area contributed by atoms with Crippen molar-refractivity contribution in [1.29, 1.82) is 5.26 Å². The lowest BCUT2D eigenvalue weighted by Gasteiger charge is -1.99. The summed E-state index contributed by atoms with van der Waals surface area (Å²) in [6.07, 6.45) is 1.24. The van der Waals surface area contributed by atoms with Gasteiger partial charge in [0.25, 0.3) is 5.69 Å². The predicted molar refractivity (Wildman–Crippen MR) is 68.5 cm³/mol. The Bertz CT molecular complexity index is 563. The Morgan fingerprint density at radius 1 is 1.65 bits per heavy atom. The van der Waals surface area contributed by atoms with Crippen molar-refractivity contribution in [1.82, 2.24) is 0 Å². The lowest BCUT2D eigenvalue weighted by molar-refractivity contribution is -0.385. The number of halogens is 1. The monoisotopic (exact) mass is 267 g/mol. The number of hydrogen-bond acceptors (Lipinski definition) is 4. The van der Waals surface area contributed by atoms with Gasteiger partial charge < -0.3 is 5.73 Å². The highest BCUT2D eigenvalue weighted by Crippen LogP contribution is 2.24. The Morgan fingerprint density at radius 2 is 2.29 bits per heavy atom. The minimum Gasteiger partial charge on any atom is -0.389 e. The van der Waals surface area contributed by atoms with Crippen LogP contribution in [0, 0.1) is 21.4 Å². The van der Waals surface area contributed by atoms with Crippen LogP contribution in [0.4, 0.5) is 5.69 Å². The van der Waals surface area contributed by atoms with E-state index in [1.807, 2.05) is 0 Å². The van der Waals surface area contributed by atoms with Crippen LogP contribution >= 0.6 is 23.8 Å². The van der Waals surface area contributed by atoms with Gasteiger partial charge in [-0.05, 0) is 18.2 Å². The summed E-state index contributed by atoms with van der Waals surface area (Å²) in [6, 6.07) is 5.78. The minimum atomic E-state index is -0.573. The maximum Gasteiger partial charge on any atom is 0.276 e. The highest BCUT2D eigenvalue weighted by Gasteiger charge is 2.13. The first kappa shape index (κ1) is 13.1. The Hall–Kier alpha value is -1.97. The number of nitro groups is 1. The van der Waals surface area contributed by atoms with Gasteiger partial charge in [0.15, 0.2) is 0 Å². The van der Waals surface area contributed by atoms with E-state index >= 15 is 0 Å². The molecule has 1 rings (SSSR count). The van der Waals surface area contributed by atoms with Gasteiger partial charge in [-0.3, -0.25) is 10.1 Å². The van der Waals surface area contributed by atoms with Crippen molar-refractivity contribution in [2.75, 3.05) is 0 Å². The maximum atomic E-state index is 10.8. The van der Waals surface area contributed by atoms with Gasteiger partial charge in [0, 0.05) is 11.1 Å². The van der Waals surface area contributed by atoms with Crippen molar-refractivity contribution >= 4 is 40.6 Å². The van der Waals surface area contributed by atoms with Gasteiger partial charge in [-0.2, -0.15) is 5.26 Å². The molecule has 0 radical (unpaired) electrons. The number of nitrogens with two attached hydrogens (primary N) is 1. The Labute approximate surface area is 107 Å². The van der Waals surface area contributed by atoms with E-state index in [1.54, 1.807) is 6.07 Å². The number of benzene rings is 1. The van der Waals surface area contributed by atoms with Crippen molar-refractivity contribution in [3.63, 3.8) is 0 Å². The summed E-state index contributed by atoms with van der Waals surface area (Å²) < 4.78 is 0. The molecule has 17 heavy (non-hydrogen) atoms. The molecule has 0 atom stereocenters. The summed E-state index contributed by atoms with van der Waals surface area (Å²) in [6.45, 7) is 0. The molecule has 1 aromatic rings. The first-order valence-corrected chi connectivity index (χ1v) is 5.10. The van der Waals surface area contributed by atoms with Gasteiger partial charge in [0.1, 0.15) is 11.1 Å². The topological polar surface area (TPSA) is 92.9 Å². The number of rotatable bonds is 3. The molecule has 0 saturated carbocycles. The number of nitro benzene ring substituents is 1. The summed E-state index contributed by atoms with van der Waals surface area (Å²) in [4.78, 5) is 10.1. The number of nitriles is 1. The third-order valence-corrected chi connectivity index (χ3v) is 2.33. The zero-order valence-corrected chi connectivity index (χ0v) is 9.96. The Balaban J connectivity index is 3.40. The fourth-order valence-electron chi connectivity index (χ4n) is 1.12. The quantitative estimate of drug-likeness (QED) is 0.298. The average molecular weight is 268 g/mol. The highest BCUT2D eigenvalue weighted by molar-refractivity contribution is 7.80. The molecule has 1 aromatic carbocycles. The molecule has 0 aliphatic rings. The van der Waals surface area contributed by atoms with E-state index in [2.05, 4.69) is 12.2 Å². The summed E-state index contributed by atoms with van der Waals surface area (Å²) in [5.41, 5.74) is 5.31. The number of hydrogen-bond donors (Lipinski definition) is 1. The molecule has 5 nitrogen and oxygen atoms in total. The molecule has 86 valence electrons. The summed E-state index contributed by atoms with van der Waals surface area (Å²) >= 11 is 10.4. The van der Waals surface area contributed by atoms with Gasteiger partial charge in [0.05, 0.1) is 16.1 Å². The van der Waals surface area contributed by atoms with Crippen LogP contribution in [0.25, 0.3) is 6.08 Å². The van der Waals surface area contributed by atoms with Crippen LogP contribution in [0.5, 0.6) is 0 Å². The van der Waals surface area contributed by atoms with Crippen LogP contribution in [0.2, 0.25) is 5.02 Å². The van der Waals surface area contributed by atoms with Crippen molar-refractivity contribution < 1.29 is 4.92 Å². The molecule has 0 aliphatic heterocycles. The molecule has 0 amide bonds. The summed E-state index contributed by atoms with van der Waals surface area (Å²) in [5, 5.41) is 19.8. The SMILES string of the molecule is N#C/C(=C/c1cc(Cl)ccc1[N+](=O)[O-])C(N)=S. The number of nitrogens with zero attached hydrogens (tertiary/aromatic N) is 2. The van der Waals surface area contributed by atoms with Crippen molar-refractivity contribution in [3.8, 4) is 6.07 Å². The van der Waals surface area contributed by atoms with E-state index in [9.17, 15) is 10.1 Å². The molecule has 7 heteroatoms. The summed E-state index contributed by atoms with van der Waals surface area (Å²) in [7, 11) is 0. The molecule has 0 heterocycles. The third-order valence-electron chi connectivity index (χ3n) is 1.87. The minimum absolute atomic E-state index is 0.00892. The predicted octanol–water partition coefficient (Wildman–Crippen LogP) is 2.44. The maximum absolute atomic E-state index is 10.8. The fourth-order valence-corrected chi connectivity index (χ4v) is 1.41. The van der Waals surface area contributed by atoms with Crippen LogP contribution < -0.4 is 5.73 Å². The Kier molecular flexibility index (Phi) is 4.15. The molecule has 0 spiro atoms. The molecule has 0 aromatic heterocycles.